The van der Waals surface area contributed by atoms with Crippen molar-refractivity contribution in [3.63, 3.8) is 0 Å². The number of aromatic nitrogens is 2. The molecule has 134 valence electrons. The Hall–Kier alpha value is -1.92. The number of hydrogen-bond donors (Lipinski definition) is 2. The van der Waals surface area contributed by atoms with Crippen LogP contribution in [0.2, 0.25) is 0 Å². The molecule has 1 saturated heterocycles. The number of pyridine rings is 1. The Balaban J connectivity index is 2.06. The molecule has 2 N–H and O–H groups in total. The molecular formula is C19H26N4OS. The van der Waals surface area contributed by atoms with Gasteiger partial charge in [-0.05, 0) is 63.2 Å². The van der Waals surface area contributed by atoms with E-state index in [-0.39, 0.29) is 18.7 Å². The molecule has 0 aromatic carbocycles. The summed E-state index contributed by atoms with van der Waals surface area (Å²) in [5.74, 6) is 0. The highest BCUT2D eigenvalue weighted by Gasteiger charge is 2.40. The van der Waals surface area contributed by atoms with Crippen molar-refractivity contribution in [3.05, 3.63) is 53.1 Å². The highest BCUT2D eigenvalue weighted by molar-refractivity contribution is 7.80. The molecule has 5 nitrogen and oxygen atoms in total. The molecule has 0 amide bonds. The van der Waals surface area contributed by atoms with Gasteiger partial charge in [-0.3, -0.25) is 4.98 Å². The van der Waals surface area contributed by atoms with Crippen molar-refractivity contribution >= 4 is 17.3 Å². The predicted molar refractivity (Wildman–Crippen MR) is 103 cm³/mol. The molecule has 0 radical (unpaired) electrons. The molecule has 0 aliphatic carbocycles. The minimum Gasteiger partial charge on any atom is -0.396 e. The first-order valence-corrected chi connectivity index (χ1v) is 9.24. The second-order valence-electron chi connectivity index (χ2n) is 6.47. The molecule has 1 aliphatic heterocycles. The molecule has 0 spiro atoms. The van der Waals surface area contributed by atoms with Gasteiger partial charge in [0.1, 0.15) is 0 Å². The van der Waals surface area contributed by atoms with Gasteiger partial charge in [0, 0.05) is 37.3 Å². The summed E-state index contributed by atoms with van der Waals surface area (Å²) in [6, 6.07) is 8.34. The number of hydrogen-bond acceptors (Lipinski definition) is 3. The average Bonchev–Trinajstić information content (AvgIpc) is 3.09. The zero-order chi connectivity index (χ0) is 18.0. The van der Waals surface area contributed by atoms with Crippen molar-refractivity contribution in [2.45, 2.75) is 45.8 Å². The summed E-state index contributed by atoms with van der Waals surface area (Å²) in [6.45, 7) is 8.33. The van der Waals surface area contributed by atoms with Crippen LogP contribution in [-0.4, -0.2) is 37.8 Å². The second kappa shape index (κ2) is 7.54. The minimum atomic E-state index is 0.0122. The van der Waals surface area contributed by atoms with Gasteiger partial charge >= 0.3 is 0 Å². The normalized spacial score (nSPS) is 20.2. The fraction of sp³-hybridized carbons (Fsp3) is 0.474. The Morgan fingerprint density at radius 2 is 2.12 bits per heavy atom. The Morgan fingerprint density at radius 1 is 1.32 bits per heavy atom. The molecular weight excluding hydrogens is 332 g/mol. The van der Waals surface area contributed by atoms with Crippen LogP contribution in [-0.2, 0) is 6.54 Å². The van der Waals surface area contributed by atoms with Crippen LogP contribution in [0.5, 0.6) is 0 Å². The van der Waals surface area contributed by atoms with E-state index in [2.05, 4.69) is 46.6 Å². The van der Waals surface area contributed by atoms with Crippen molar-refractivity contribution in [2.24, 2.45) is 0 Å². The van der Waals surface area contributed by atoms with Crippen molar-refractivity contribution in [3.8, 4) is 0 Å². The van der Waals surface area contributed by atoms with Gasteiger partial charge in [0.25, 0.3) is 0 Å². The van der Waals surface area contributed by atoms with Gasteiger partial charge in [0.05, 0.1) is 17.8 Å². The fourth-order valence-corrected chi connectivity index (χ4v) is 4.17. The number of rotatable bonds is 6. The van der Waals surface area contributed by atoms with Crippen LogP contribution in [0.3, 0.4) is 0 Å². The maximum atomic E-state index is 9.29. The van der Waals surface area contributed by atoms with Gasteiger partial charge in [-0.15, -0.1) is 0 Å². The summed E-state index contributed by atoms with van der Waals surface area (Å²) in [5, 5.41) is 13.5. The lowest BCUT2D eigenvalue weighted by Crippen LogP contribution is -2.31. The van der Waals surface area contributed by atoms with E-state index in [0.717, 1.165) is 23.9 Å². The molecule has 3 heterocycles. The van der Waals surface area contributed by atoms with E-state index in [9.17, 15) is 5.11 Å². The number of aryl methyl sites for hydroxylation is 1. The van der Waals surface area contributed by atoms with E-state index in [0.29, 0.717) is 6.42 Å². The number of aliphatic hydroxyl groups is 1. The minimum absolute atomic E-state index is 0.0122. The molecule has 2 aromatic rings. The van der Waals surface area contributed by atoms with Crippen LogP contribution in [0.25, 0.3) is 0 Å². The van der Waals surface area contributed by atoms with Gasteiger partial charge in [-0.25, -0.2) is 0 Å². The summed E-state index contributed by atoms with van der Waals surface area (Å²) < 4.78 is 2.33. The van der Waals surface area contributed by atoms with E-state index < -0.39 is 0 Å². The zero-order valence-corrected chi connectivity index (χ0v) is 15.9. The first-order valence-electron chi connectivity index (χ1n) is 8.84. The summed E-state index contributed by atoms with van der Waals surface area (Å²) in [4.78, 5) is 6.76. The van der Waals surface area contributed by atoms with Crippen LogP contribution in [0.4, 0.5) is 0 Å². The van der Waals surface area contributed by atoms with Gasteiger partial charge in [0.15, 0.2) is 5.11 Å². The van der Waals surface area contributed by atoms with Crippen LogP contribution in [0, 0.1) is 13.8 Å². The van der Waals surface area contributed by atoms with E-state index in [1.165, 1.54) is 17.0 Å². The lowest BCUT2D eigenvalue weighted by atomic mass is 9.96. The van der Waals surface area contributed by atoms with Crippen LogP contribution in [0.15, 0.2) is 30.5 Å². The monoisotopic (exact) mass is 358 g/mol. The Bertz CT molecular complexity index is 743. The summed E-state index contributed by atoms with van der Waals surface area (Å²) in [6.07, 6.45) is 2.52. The molecule has 2 unspecified atom stereocenters. The van der Waals surface area contributed by atoms with Crippen molar-refractivity contribution in [1.82, 2.24) is 19.8 Å². The number of thiocarbonyl (C=S) groups is 1. The van der Waals surface area contributed by atoms with E-state index in [1.807, 2.05) is 24.4 Å². The van der Waals surface area contributed by atoms with Crippen molar-refractivity contribution in [2.75, 3.05) is 13.2 Å². The maximum absolute atomic E-state index is 9.29. The molecule has 2 atom stereocenters. The number of aliphatic hydroxyl groups excluding tert-OH is 1. The third kappa shape index (κ3) is 3.28. The van der Waals surface area contributed by atoms with Gasteiger partial charge in [-0.2, -0.15) is 0 Å². The Kier molecular flexibility index (Phi) is 5.39. The summed E-state index contributed by atoms with van der Waals surface area (Å²) in [7, 11) is 0. The lowest BCUT2D eigenvalue weighted by molar-refractivity contribution is 0.247. The van der Waals surface area contributed by atoms with Crippen LogP contribution < -0.4 is 5.32 Å². The maximum Gasteiger partial charge on any atom is 0.170 e. The molecule has 25 heavy (non-hydrogen) atoms. The van der Waals surface area contributed by atoms with Gasteiger partial charge < -0.3 is 19.9 Å². The summed E-state index contributed by atoms with van der Waals surface area (Å²) in [5.41, 5.74) is 4.80. The highest BCUT2D eigenvalue weighted by atomic mass is 32.1. The molecule has 1 aliphatic rings. The molecule has 2 aromatic heterocycles. The first-order chi connectivity index (χ1) is 12.1. The Morgan fingerprint density at radius 3 is 2.72 bits per heavy atom. The smallest absolute Gasteiger partial charge is 0.170 e. The quantitative estimate of drug-likeness (QED) is 0.778. The second-order valence-corrected chi connectivity index (χ2v) is 6.85. The standard InChI is InChI=1S/C19H26N4OS/c1-4-22-13(2)12-15(14(22)3)18-17(16-8-5-6-9-20-16)21-19(25)23(18)10-7-11-24/h5-6,8-9,12,17-18,24H,4,7,10-11H2,1-3H3,(H,21,25). The number of nitrogens with zero attached hydrogens (tertiary/aromatic N) is 3. The third-order valence-electron chi connectivity index (χ3n) is 5.00. The van der Waals surface area contributed by atoms with Gasteiger partial charge in [0.2, 0.25) is 0 Å². The first kappa shape index (κ1) is 17.9. The molecule has 0 bridgehead atoms. The van der Waals surface area contributed by atoms with Gasteiger partial charge in [-0.1, -0.05) is 6.07 Å². The molecule has 1 fully saturated rings. The van der Waals surface area contributed by atoms with E-state index in [1.54, 1.807) is 0 Å². The lowest BCUT2D eigenvalue weighted by Gasteiger charge is -2.28. The molecule has 0 saturated carbocycles. The van der Waals surface area contributed by atoms with Crippen molar-refractivity contribution < 1.29 is 5.11 Å². The SMILES string of the molecule is CCn1c(C)cc(C2C(c3ccccn3)NC(=S)N2CCCO)c1C. The highest BCUT2D eigenvalue weighted by Crippen LogP contribution is 2.40. The zero-order valence-electron chi connectivity index (χ0n) is 15.1. The average molecular weight is 359 g/mol. The van der Waals surface area contributed by atoms with Crippen LogP contribution in [0.1, 0.15) is 48.1 Å². The van der Waals surface area contributed by atoms with Crippen molar-refractivity contribution in [1.29, 1.82) is 0 Å². The topological polar surface area (TPSA) is 53.3 Å². The van der Waals surface area contributed by atoms with E-state index in [4.69, 9.17) is 12.2 Å². The molecule has 3 rings (SSSR count). The van der Waals surface area contributed by atoms with E-state index >= 15 is 0 Å². The summed E-state index contributed by atoms with van der Waals surface area (Å²) >= 11 is 5.62. The third-order valence-corrected chi connectivity index (χ3v) is 5.35. The Labute approximate surface area is 154 Å². The largest absolute Gasteiger partial charge is 0.396 e. The number of nitrogens with one attached hydrogen (secondary N) is 1. The predicted octanol–water partition coefficient (Wildman–Crippen LogP) is 2.87. The fourth-order valence-electron chi connectivity index (χ4n) is 3.84. The van der Waals surface area contributed by atoms with Crippen LogP contribution >= 0.6 is 12.2 Å². The molecule has 6 heteroatoms.